The van der Waals surface area contributed by atoms with Crippen LogP contribution in [0.4, 0.5) is 0 Å². The average molecular weight is 448 g/mol. The zero-order valence-electron chi connectivity index (χ0n) is 19.8. The van der Waals surface area contributed by atoms with Crippen LogP contribution in [0, 0.1) is 34.5 Å². The molecular weight excluding hydrogens is 410 g/mol. The molecule has 0 radical (unpaired) electrons. The highest BCUT2D eigenvalue weighted by molar-refractivity contribution is 5.90. The van der Waals surface area contributed by atoms with Crippen LogP contribution < -0.4 is 5.73 Å². The third kappa shape index (κ3) is 2.85. The summed E-state index contributed by atoms with van der Waals surface area (Å²) < 4.78 is 17.1. The molecule has 0 amide bonds. The van der Waals surface area contributed by atoms with Crippen LogP contribution in [0.2, 0.25) is 0 Å². The van der Waals surface area contributed by atoms with Gasteiger partial charge in [-0.15, -0.1) is 0 Å². The number of rotatable bonds is 1. The topological polar surface area (TPSA) is 111 Å². The predicted molar refractivity (Wildman–Crippen MR) is 117 cm³/mol. The van der Waals surface area contributed by atoms with E-state index in [1.807, 2.05) is 19.1 Å². The minimum Gasteiger partial charge on any atom is -0.382 e. The molecule has 7 nitrogen and oxygen atoms in total. The first-order valence-electron chi connectivity index (χ1n) is 11.9. The van der Waals surface area contributed by atoms with E-state index in [0.717, 1.165) is 12.8 Å². The highest BCUT2D eigenvalue weighted by Gasteiger charge is 2.72. The Balaban J connectivity index is 1.59. The summed E-state index contributed by atoms with van der Waals surface area (Å²) in [6.07, 6.45) is 6.71. The van der Waals surface area contributed by atoms with Gasteiger partial charge in [0.2, 0.25) is 0 Å². The van der Waals surface area contributed by atoms with Crippen LogP contribution in [0.15, 0.2) is 23.8 Å². The SMILES string of the molecule is CO[C@H]1C[C@@]2(C)C(CC[C@@]23OC(N)(O)OCC3=O)C2C[C@H](C)C3=CC(C)(O)C=C[C@]3(C)C21. The second-order valence-electron chi connectivity index (χ2n) is 11.6. The molecule has 5 unspecified atom stereocenters. The number of aliphatic hydroxyl groups is 2. The molecule has 1 spiro atoms. The van der Waals surface area contributed by atoms with Gasteiger partial charge in [-0.1, -0.05) is 38.5 Å². The number of allylic oxidation sites excluding steroid dienone is 2. The van der Waals surface area contributed by atoms with Crippen LogP contribution in [0.5, 0.6) is 0 Å². The first-order chi connectivity index (χ1) is 14.8. The Morgan fingerprint density at radius 3 is 2.62 bits per heavy atom. The number of ether oxygens (including phenoxy) is 3. The highest BCUT2D eigenvalue weighted by Crippen LogP contribution is 2.69. The van der Waals surface area contributed by atoms with Crippen molar-refractivity contribution < 1.29 is 29.2 Å². The Morgan fingerprint density at radius 2 is 1.94 bits per heavy atom. The van der Waals surface area contributed by atoms with Gasteiger partial charge in [0.25, 0.3) is 0 Å². The summed E-state index contributed by atoms with van der Waals surface area (Å²) in [6, 6.07) is 0. The molecular formula is C25H37NO6. The minimum absolute atomic E-state index is 0.102. The number of hydrogen-bond donors (Lipinski definition) is 3. The molecule has 178 valence electrons. The van der Waals surface area contributed by atoms with Crippen molar-refractivity contribution in [1.82, 2.24) is 0 Å². The lowest BCUT2D eigenvalue weighted by atomic mass is 9.44. The highest BCUT2D eigenvalue weighted by atomic mass is 16.9. The van der Waals surface area contributed by atoms with Crippen LogP contribution in [-0.4, -0.2) is 53.1 Å². The summed E-state index contributed by atoms with van der Waals surface area (Å²) in [5, 5.41) is 21.1. The number of Topliss-reactive ketones (excluding diaryl/α,β-unsaturated/α-hetero) is 1. The summed E-state index contributed by atoms with van der Waals surface area (Å²) in [4.78, 5) is 13.2. The molecule has 1 aliphatic heterocycles. The molecule has 0 aromatic rings. The second kappa shape index (κ2) is 6.74. The summed E-state index contributed by atoms with van der Waals surface area (Å²) in [5.41, 5.74) is 4.24. The molecule has 0 bridgehead atoms. The molecule has 1 saturated heterocycles. The van der Waals surface area contributed by atoms with Crippen LogP contribution in [0.25, 0.3) is 0 Å². The Morgan fingerprint density at radius 1 is 1.22 bits per heavy atom. The van der Waals surface area contributed by atoms with Crippen molar-refractivity contribution >= 4 is 5.78 Å². The van der Waals surface area contributed by atoms with Crippen LogP contribution in [0.3, 0.4) is 0 Å². The Labute approximate surface area is 190 Å². The smallest absolute Gasteiger partial charge is 0.347 e. The minimum atomic E-state index is -2.26. The van der Waals surface area contributed by atoms with E-state index in [4.69, 9.17) is 19.9 Å². The lowest BCUT2D eigenvalue weighted by Gasteiger charge is -2.62. The van der Waals surface area contributed by atoms with Gasteiger partial charge in [0, 0.05) is 23.9 Å². The molecule has 4 fully saturated rings. The molecule has 0 aromatic heterocycles. The number of hydrogen-bond acceptors (Lipinski definition) is 7. The van der Waals surface area contributed by atoms with Crippen LogP contribution in [-0.2, 0) is 19.0 Å². The molecule has 0 aromatic carbocycles. The molecule has 1 heterocycles. The molecule has 3 saturated carbocycles. The van der Waals surface area contributed by atoms with Crippen molar-refractivity contribution in [3.8, 4) is 0 Å². The number of carbonyl (C=O) groups is 1. The fourth-order valence-electron chi connectivity index (χ4n) is 8.42. The lowest BCUT2D eigenvalue weighted by Crippen LogP contribution is -2.69. The standard InChI is InChI=1S/C25H37NO6/c1-14-10-15-16-6-7-24(19(27)13-31-25(26,29)32-24)23(16,4)12-18(30-5)20(15)22(3)9-8-21(2,28)11-17(14)22/h8-9,11,14-16,18,20,28-29H,6-7,10,12-13,26H2,1-5H3/t14-,15?,16?,18-,20?,21?,22-,23-,24-,25?/m0/s1. The lowest BCUT2D eigenvalue weighted by molar-refractivity contribution is -0.413. The maximum atomic E-state index is 13.2. The van der Waals surface area contributed by atoms with Crippen LogP contribution >= 0.6 is 0 Å². The zero-order valence-corrected chi connectivity index (χ0v) is 19.8. The van der Waals surface area contributed by atoms with Crippen molar-refractivity contribution in [3.63, 3.8) is 0 Å². The molecule has 4 aliphatic carbocycles. The monoisotopic (exact) mass is 447 g/mol. The number of nitrogens with two attached hydrogens (primary N) is 1. The van der Waals surface area contributed by atoms with Crippen molar-refractivity contribution in [2.45, 2.75) is 76.8 Å². The third-order valence-electron chi connectivity index (χ3n) is 9.72. The zero-order chi connectivity index (χ0) is 23.3. The number of carbonyl (C=O) groups excluding carboxylic acids is 1. The van der Waals surface area contributed by atoms with Crippen molar-refractivity contribution in [2.24, 2.45) is 40.2 Å². The normalized spacial score (nSPS) is 57.1. The van der Waals surface area contributed by atoms with E-state index >= 15 is 0 Å². The van der Waals surface area contributed by atoms with E-state index in [-0.39, 0.29) is 35.7 Å². The average Bonchev–Trinajstić information content (AvgIpc) is 2.98. The fourth-order valence-corrected chi connectivity index (χ4v) is 8.42. The van der Waals surface area contributed by atoms with Crippen molar-refractivity contribution in [1.29, 1.82) is 0 Å². The molecule has 5 aliphatic rings. The van der Waals surface area contributed by atoms with Gasteiger partial charge in [-0.2, -0.15) is 0 Å². The van der Waals surface area contributed by atoms with Gasteiger partial charge in [0.1, 0.15) is 12.2 Å². The quantitative estimate of drug-likeness (QED) is 0.418. The Kier molecular flexibility index (Phi) is 4.78. The van der Waals surface area contributed by atoms with E-state index < -0.39 is 22.7 Å². The van der Waals surface area contributed by atoms with Gasteiger partial charge in [0.05, 0.1) is 11.7 Å². The summed E-state index contributed by atoms with van der Waals surface area (Å²) >= 11 is 0. The summed E-state index contributed by atoms with van der Waals surface area (Å²) in [6.45, 7) is 8.20. The van der Waals surface area contributed by atoms with Gasteiger partial charge in [0.15, 0.2) is 5.78 Å². The number of methoxy groups -OCH3 is 1. The van der Waals surface area contributed by atoms with Crippen LogP contribution in [0.1, 0.15) is 53.4 Å². The number of fused-ring (bicyclic) bond motifs is 6. The Hall–Kier alpha value is -1.09. The number of ketones is 1. The van der Waals surface area contributed by atoms with Crippen molar-refractivity contribution in [2.75, 3.05) is 13.7 Å². The molecule has 32 heavy (non-hydrogen) atoms. The molecule has 4 N–H and O–H groups in total. The molecule has 7 heteroatoms. The first kappa shape index (κ1) is 22.7. The van der Waals surface area contributed by atoms with E-state index in [2.05, 4.69) is 26.8 Å². The maximum absolute atomic E-state index is 13.2. The summed E-state index contributed by atoms with van der Waals surface area (Å²) in [7, 11) is 1.74. The first-order valence-corrected chi connectivity index (χ1v) is 11.9. The van der Waals surface area contributed by atoms with Gasteiger partial charge < -0.3 is 19.7 Å². The fraction of sp³-hybridized carbons (Fsp3) is 0.800. The van der Waals surface area contributed by atoms with E-state index in [0.29, 0.717) is 24.7 Å². The van der Waals surface area contributed by atoms with Crippen molar-refractivity contribution in [3.05, 3.63) is 23.8 Å². The van der Waals surface area contributed by atoms with Gasteiger partial charge in [-0.3, -0.25) is 15.3 Å². The van der Waals surface area contributed by atoms with Gasteiger partial charge in [-0.25, -0.2) is 0 Å². The van der Waals surface area contributed by atoms with Gasteiger partial charge >= 0.3 is 6.10 Å². The van der Waals surface area contributed by atoms with Gasteiger partial charge in [-0.05, 0) is 56.4 Å². The van der Waals surface area contributed by atoms with E-state index in [9.17, 15) is 15.0 Å². The van der Waals surface area contributed by atoms with E-state index in [1.165, 1.54) is 5.57 Å². The predicted octanol–water partition coefficient (Wildman–Crippen LogP) is 2.26. The third-order valence-corrected chi connectivity index (χ3v) is 9.72. The Bertz CT molecular complexity index is 895. The largest absolute Gasteiger partial charge is 0.382 e. The summed E-state index contributed by atoms with van der Waals surface area (Å²) in [5.74, 6) is 0.922. The molecule has 10 atom stereocenters. The second-order valence-corrected chi connectivity index (χ2v) is 11.6. The molecule has 5 rings (SSSR count). The van der Waals surface area contributed by atoms with E-state index in [1.54, 1.807) is 7.11 Å². The maximum Gasteiger partial charge on any atom is 0.347 e.